The van der Waals surface area contributed by atoms with Gasteiger partial charge < -0.3 is 10.1 Å². The summed E-state index contributed by atoms with van der Waals surface area (Å²) < 4.78 is 5.94. The molecule has 2 aromatic rings. The summed E-state index contributed by atoms with van der Waals surface area (Å²) in [5.74, 6) is 0.889. The van der Waals surface area contributed by atoms with E-state index in [0.29, 0.717) is 18.2 Å². The Labute approximate surface area is 161 Å². The molecule has 0 spiro atoms. The molecule has 0 radical (unpaired) electrons. The number of fused-ring (bicyclic) bond motifs is 1. The minimum absolute atomic E-state index is 0.0324. The molecule has 0 atom stereocenters. The number of amides is 1. The summed E-state index contributed by atoms with van der Waals surface area (Å²) in [6, 6.07) is 14.7. The zero-order valence-electron chi connectivity index (χ0n) is 16.0. The van der Waals surface area contributed by atoms with E-state index in [-0.39, 0.29) is 5.91 Å². The molecule has 4 rings (SSSR count). The lowest BCUT2D eigenvalue weighted by atomic mass is 10.1. The molecule has 0 bridgehead atoms. The maximum absolute atomic E-state index is 12.6. The van der Waals surface area contributed by atoms with E-state index in [4.69, 9.17) is 4.74 Å². The van der Waals surface area contributed by atoms with Crippen molar-refractivity contribution >= 4 is 5.91 Å². The summed E-state index contributed by atoms with van der Waals surface area (Å²) >= 11 is 0. The Kier molecular flexibility index (Phi) is 5.44. The third kappa shape index (κ3) is 4.33. The maximum atomic E-state index is 12.6. The number of carbonyl (C=O) groups excluding carboxylic acids is 1. The predicted molar refractivity (Wildman–Crippen MR) is 107 cm³/mol. The highest BCUT2D eigenvalue weighted by Crippen LogP contribution is 2.30. The van der Waals surface area contributed by atoms with Crippen LogP contribution in [0.1, 0.15) is 52.7 Å². The standard InChI is InChI=1S/C23H28N2O2/c1-17-6-8-18(9-7-17)15-24-23(26)19-10-11-22-20(14-19)16-25(12-13-27-22)21-4-2-3-5-21/h6-11,14,21H,2-5,12-13,15-16H2,1H3,(H,24,26). The highest BCUT2D eigenvalue weighted by molar-refractivity contribution is 5.94. The second kappa shape index (κ2) is 8.13. The lowest BCUT2D eigenvalue weighted by Gasteiger charge is -2.26. The number of carbonyl (C=O) groups is 1. The number of hydrogen-bond acceptors (Lipinski definition) is 3. The molecule has 1 N–H and O–H groups in total. The molecule has 4 heteroatoms. The smallest absolute Gasteiger partial charge is 0.251 e. The summed E-state index contributed by atoms with van der Waals surface area (Å²) in [5, 5.41) is 3.03. The van der Waals surface area contributed by atoms with Crippen molar-refractivity contribution in [1.82, 2.24) is 10.2 Å². The van der Waals surface area contributed by atoms with Gasteiger partial charge in [-0.25, -0.2) is 0 Å². The van der Waals surface area contributed by atoms with Gasteiger partial charge in [-0.15, -0.1) is 0 Å². The van der Waals surface area contributed by atoms with Crippen LogP contribution >= 0.6 is 0 Å². The SMILES string of the molecule is Cc1ccc(CNC(=O)c2ccc3c(c2)CN(C2CCCC2)CCO3)cc1. The first-order chi connectivity index (χ1) is 13.2. The van der Waals surface area contributed by atoms with E-state index < -0.39 is 0 Å². The van der Waals surface area contributed by atoms with Gasteiger partial charge in [-0.05, 0) is 43.5 Å². The Morgan fingerprint density at radius 1 is 1.15 bits per heavy atom. The van der Waals surface area contributed by atoms with Crippen LogP contribution in [-0.4, -0.2) is 30.0 Å². The van der Waals surface area contributed by atoms with Crippen molar-refractivity contribution in [3.63, 3.8) is 0 Å². The number of aryl methyl sites for hydroxylation is 1. The van der Waals surface area contributed by atoms with Crippen LogP contribution in [0.2, 0.25) is 0 Å². The van der Waals surface area contributed by atoms with Crippen LogP contribution in [0, 0.1) is 6.92 Å². The molecule has 1 amide bonds. The molecule has 2 aliphatic rings. The number of nitrogens with zero attached hydrogens (tertiary/aromatic N) is 1. The van der Waals surface area contributed by atoms with Crippen LogP contribution in [0.25, 0.3) is 0 Å². The van der Waals surface area contributed by atoms with Gasteiger partial charge in [0, 0.05) is 36.8 Å². The summed E-state index contributed by atoms with van der Waals surface area (Å²) in [5.41, 5.74) is 4.17. The lowest BCUT2D eigenvalue weighted by Crippen LogP contribution is -2.34. The van der Waals surface area contributed by atoms with Crippen LogP contribution in [0.3, 0.4) is 0 Å². The predicted octanol–water partition coefficient (Wildman–Crippen LogP) is 4.06. The molecular weight excluding hydrogens is 336 g/mol. The monoisotopic (exact) mass is 364 g/mol. The first kappa shape index (κ1) is 18.1. The van der Waals surface area contributed by atoms with Gasteiger partial charge in [0.2, 0.25) is 0 Å². The number of nitrogens with one attached hydrogen (secondary N) is 1. The number of hydrogen-bond donors (Lipinski definition) is 1. The van der Waals surface area contributed by atoms with Crippen molar-refractivity contribution in [3.05, 3.63) is 64.7 Å². The Hall–Kier alpha value is -2.33. The fourth-order valence-corrected chi connectivity index (χ4v) is 4.13. The van der Waals surface area contributed by atoms with Crippen molar-refractivity contribution < 1.29 is 9.53 Å². The molecule has 0 aromatic heterocycles. The molecule has 0 saturated heterocycles. The topological polar surface area (TPSA) is 41.6 Å². The average molecular weight is 364 g/mol. The largest absolute Gasteiger partial charge is 0.492 e. The Morgan fingerprint density at radius 2 is 1.93 bits per heavy atom. The molecule has 4 nitrogen and oxygen atoms in total. The van der Waals surface area contributed by atoms with Crippen LogP contribution in [0.4, 0.5) is 0 Å². The van der Waals surface area contributed by atoms with E-state index in [1.807, 2.05) is 18.2 Å². The molecule has 1 saturated carbocycles. The summed E-state index contributed by atoms with van der Waals surface area (Å²) in [7, 11) is 0. The molecular formula is C23H28N2O2. The van der Waals surface area contributed by atoms with Crippen molar-refractivity contribution in [1.29, 1.82) is 0 Å². The van der Waals surface area contributed by atoms with Gasteiger partial charge in [0.25, 0.3) is 5.91 Å². The van der Waals surface area contributed by atoms with E-state index in [1.165, 1.54) is 31.2 Å². The Morgan fingerprint density at radius 3 is 2.70 bits per heavy atom. The fourth-order valence-electron chi connectivity index (χ4n) is 4.13. The molecule has 2 aromatic carbocycles. The lowest BCUT2D eigenvalue weighted by molar-refractivity contribution is 0.0950. The quantitative estimate of drug-likeness (QED) is 0.889. The number of ether oxygens (including phenoxy) is 1. The van der Waals surface area contributed by atoms with Crippen LogP contribution < -0.4 is 10.1 Å². The van der Waals surface area contributed by atoms with Crippen molar-refractivity contribution in [2.75, 3.05) is 13.2 Å². The van der Waals surface area contributed by atoms with E-state index in [2.05, 4.69) is 41.4 Å². The van der Waals surface area contributed by atoms with Crippen LogP contribution in [0.15, 0.2) is 42.5 Å². The summed E-state index contributed by atoms with van der Waals surface area (Å²) in [4.78, 5) is 15.2. The van der Waals surface area contributed by atoms with Gasteiger partial charge in [0.05, 0.1) is 0 Å². The average Bonchev–Trinajstić information content (AvgIpc) is 3.14. The minimum Gasteiger partial charge on any atom is -0.492 e. The molecule has 1 aliphatic carbocycles. The Bertz CT molecular complexity index is 795. The van der Waals surface area contributed by atoms with Crippen LogP contribution in [-0.2, 0) is 13.1 Å². The second-order valence-corrected chi connectivity index (χ2v) is 7.75. The first-order valence-electron chi connectivity index (χ1n) is 10.0. The van der Waals surface area contributed by atoms with Gasteiger partial charge in [-0.1, -0.05) is 42.7 Å². The normalized spacial score (nSPS) is 17.8. The highest BCUT2D eigenvalue weighted by atomic mass is 16.5. The zero-order chi connectivity index (χ0) is 18.6. The Balaban J connectivity index is 1.44. The third-order valence-corrected chi connectivity index (χ3v) is 5.75. The summed E-state index contributed by atoms with van der Waals surface area (Å²) in [6.07, 6.45) is 5.23. The third-order valence-electron chi connectivity index (χ3n) is 5.75. The van der Waals surface area contributed by atoms with Crippen molar-refractivity contribution in [3.8, 4) is 5.75 Å². The van der Waals surface area contributed by atoms with Crippen LogP contribution in [0.5, 0.6) is 5.75 Å². The molecule has 1 fully saturated rings. The van der Waals surface area contributed by atoms with Crippen molar-refractivity contribution in [2.45, 2.75) is 51.7 Å². The van der Waals surface area contributed by atoms with E-state index in [0.717, 1.165) is 36.6 Å². The van der Waals surface area contributed by atoms with Gasteiger partial charge in [0.15, 0.2) is 0 Å². The van der Waals surface area contributed by atoms with Gasteiger partial charge in [0.1, 0.15) is 12.4 Å². The van der Waals surface area contributed by atoms with E-state index in [1.54, 1.807) is 0 Å². The molecule has 1 heterocycles. The molecule has 142 valence electrons. The summed E-state index contributed by atoms with van der Waals surface area (Å²) in [6.45, 7) is 5.17. The second-order valence-electron chi connectivity index (χ2n) is 7.75. The van der Waals surface area contributed by atoms with E-state index in [9.17, 15) is 4.79 Å². The first-order valence-corrected chi connectivity index (χ1v) is 10.0. The highest BCUT2D eigenvalue weighted by Gasteiger charge is 2.25. The molecule has 27 heavy (non-hydrogen) atoms. The van der Waals surface area contributed by atoms with Gasteiger partial charge in [-0.3, -0.25) is 9.69 Å². The fraction of sp³-hybridized carbons (Fsp3) is 0.435. The number of rotatable bonds is 4. The molecule has 1 aliphatic heterocycles. The van der Waals surface area contributed by atoms with Gasteiger partial charge in [-0.2, -0.15) is 0 Å². The van der Waals surface area contributed by atoms with Gasteiger partial charge >= 0.3 is 0 Å². The zero-order valence-corrected chi connectivity index (χ0v) is 16.0. The maximum Gasteiger partial charge on any atom is 0.251 e. The van der Waals surface area contributed by atoms with Crippen molar-refractivity contribution in [2.24, 2.45) is 0 Å². The van der Waals surface area contributed by atoms with E-state index >= 15 is 0 Å². The molecule has 0 unspecified atom stereocenters. The minimum atomic E-state index is -0.0324. The number of benzene rings is 2.